The molecule has 0 aliphatic carbocycles. The summed E-state index contributed by atoms with van der Waals surface area (Å²) in [6, 6.07) is 11.2. The number of amides is 2. The van der Waals surface area contributed by atoms with E-state index in [9.17, 15) is 9.59 Å². The van der Waals surface area contributed by atoms with E-state index in [1.807, 2.05) is 42.6 Å². The van der Waals surface area contributed by atoms with E-state index >= 15 is 0 Å². The first-order valence-corrected chi connectivity index (χ1v) is 8.35. The molecule has 1 aromatic heterocycles. The molecule has 0 saturated heterocycles. The van der Waals surface area contributed by atoms with Gasteiger partial charge >= 0.3 is 0 Å². The van der Waals surface area contributed by atoms with Crippen molar-refractivity contribution < 1.29 is 14.3 Å². The highest BCUT2D eigenvalue weighted by Gasteiger charge is 2.25. The zero-order valence-electron chi connectivity index (χ0n) is 12.8. The second kappa shape index (κ2) is 6.83. The summed E-state index contributed by atoms with van der Waals surface area (Å²) in [5, 5.41) is 4.52. The SMILES string of the molecule is C[C@H]1COc2ccccc2CN1C(=O)CNC(=O)c1cccs1. The Morgan fingerprint density at radius 3 is 2.91 bits per heavy atom. The van der Waals surface area contributed by atoms with Crippen LogP contribution >= 0.6 is 11.3 Å². The van der Waals surface area contributed by atoms with E-state index in [1.54, 1.807) is 11.0 Å². The summed E-state index contributed by atoms with van der Waals surface area (Å²) in [5.74, 6) is 0.493. The molecule has 0 unspecified atom stereocenters. The zero-order valence-corrected chi connectivity index (χ0v) is 13.6. The van der Waals surface area contributed by atoms with Crippen LogP contribution in [0.1, 0.15) is 22.2 Å². The average Bonchev–Trinajstić information content (AvgIpc) is 3.05. The number of thiophene rings is 1. The number of nitrogens with one attached hydrogen (secondary N) is 1. The molecule has 0 fully saturated rings. The van der Waals surface area contributed by atoms with Gasteiger partial charge in [-0.25, -0.2) is 0 Å². The molecule has 23 heavy (non-hydrogen) atoms. The summed E-state index contributed by atoms with van der Waals surface area (Å²) < 4.78 is 5.75. The number of hydrogen-bond acceptors (Lipinski definition) is 4. The van der Waals surface area contributed by atoms with Gasteiger partial charge in [0.2, 0.25) is 5.91 Å². The first-order valence-electron chi connectivity index (χ1n) is 7.47. The Labute approximate surface area is 138 Å². The van der Waals surface area contributed by atoms with Crippen molar-refractivity contribution in [2.24, 2.45) is 0 Å². The summed E-state index contributed by atoms with van der Waals surface area (Å²) in [5.41, 5.74) is 0.981. The third-order valence-corrected chi connectivity index (χ3v) is 4.66. The fourth-order valence-corrected chi connectivity index (χ4v) is 3.14. The van der Waals surface area contributed by atoms with E-state index in [1.165, 1.54) is 11.3 Å². The molecule has 6 heteroatoms. The lowest BCUT2D eigenvalue weighted by atomic mass is 10.2. The maximum absolute atomic E-state index is 12.5. The zero-order chi connectivity index (χ0) is 16.2. The summed E-state index contributed by atoms with van der Waals surface area (Å²) in [4.78, 5) is 26.8. The monoisotopic (exact) mass is 330 g/mol. The Morgan fingerprint density at radius 1 is 1.30 bits per heavy atom. The van der Waals surface area contributed by atoms with Crippen LogP contribution in [0.25, 0.3) is 0 Å². The van der Waals surface area contributed by atoms with Crippen molar-refractivity contribution in [1.29, 1.82) is 0 Å². The number of fused-ring (bicyclic) bond motifs is 1. The predicted molar refractivity (Wildman–Crippen MR) is 88.6 cm³/mol. The first-order chi connectivity index (χ1) is 11.1. The van der Waals surface area contributed by atoms with Gasteiger partial charge < -0.3 is 15.0 Å². The molecule has 2 amide bonds. The first kappa shape index (κ1) is 15.6. The van der Waals surface area contributed by atoms with E-state index in [2.05, 4.69) is 5.32 Å². The van der Waals surface area contributed by atoms with E-state index in [0.29, 0.717) is 18.0 Å². The molecule has 1 atom stereocenters. The maximum atomic E-state index is 12.5. The maximum Gasteiger partial charge on any atom is 0.261 e. The third kappa shape index (κ3) is 3.53. The van der Waals surface area contributed by atoms with Crippen molar-refractivity contribution in [2.75, 3.05) is 13.2 Å². The highest BCUT2D eigenvalue weighted by molar-refractivity contribution is 7.12. The van der Waals surface area contributed by atoms with E-state index in [4.69, 9.17) is 4.74 Å². The molecule has 1 aromatic carbocycles. The van der Waals surface area contributed by atoms with E-state index < -0.39 is 0 Å². The van der Waals surface area contributed by atoms with Crippen LogP contribution in [-0.2, 0) is 11.3 Å². The lowest BCUT2D eigenvalue weighted by Crippen LogP contribution is -2.45. The van der Waals surface area contributed by atoms with Gasteiger partial charge in [-0.3, -0.25) is 9.59 Å². The fraction of sp³-hybridized carbons (Fsp3) is 0.294. The Morgan fingerprint density at radius 2 is 2.13 bits per heavy atom. The smallest absolute Gasteiger partial charge is 0.261 e. The highest BCUT2D eigenvalue weighted by atomic mass is 32.1. The van der Waals surface area contributed by atoms with Crippen LogP contribution in [0.3, 0.4) is 0 Å². The lowest BCUT2D eigenvalue weighted by Gasteiger charge is -2.26. The second-order valence-electron chi connectivity index (χ2n) is 5.45. The van der Waals surface area contributed by atoms with Gasteiger partial charge in [-0.1, -0.05) is 24.3 Å². The number of benzene rings is 1. The summed E-state index contributed by atoms with van der Waals surface area (Å²) in [7, 11) is 0. The third-order valence-electron chi connectivity index (χ3n) is 3.79. The Kier molecular flexibility index (Phi) is 4.62. The highest BCUT2D eigenvalue weighted by Crippen LogP contribution is 2.24. The molecule has 1 aliphatic rings. The minimum Gasteiger partial charge on any atom is -0.491 e. The van der Waals surface area contributed by atoms with Crippen LogP contribution in [0.4, 0.5) is 0 Å². The number of hydrogen-bond donors (Lipinski definition) is 1. The number of carbonyl (C=O) groups is 2. The molecule has 1 aliphatic heterocycles. The Bertz CT molecular complexity index is 700. The van der Waals surface area contributed by atoms with Gasteiger partial charge in [0, 0.05) is 12.1 Å². The van der Waals surface area contributed by atoms with Crippen LogP contribution in [0.5, 0.6) is 5.75 Å². The lowest BCUT2D eigenvalue weighted by molar-refractivity contribution is -0.133. The van der Waals surface area contributed by atoms with Gasteiger partial charge in [0.1, 0.15) is 12.4 Å². The molecule has 0 radical (unpaired) electrons. The van der Waals surface area contributed by atoms with Gasteiger partial charge in [-0.15, -0.1) is 11.3 Å². The van der Waals surface area contributed by atoms with Crippen molar-refractivity contribution in [3.05, 3.63) is 52.2 Å². The summed E-state index contributed by atoms with van der Waals surface area (Å²) in [6.45, 7) is 2.88. The van der Waals surface area contributed by atoms with Crippen molar-refractivity contribution in [2.45, 2.75) is 19.5 Å². The quantitative estimate of drug-likeness (QED) is 0.939. The molecule has 2 heterocycles. The van der Waals surface area contributed by atoms with Crippen LogP contribution in [-0.4, -0.2) is 35.9 Å². The molecule has 0 spiro atoms. The number of ether oxygens (including phenoxy) is 1. The second-order valence-corrected chi connectivity index (χ2v) is 6.40. The topological polar surface area (TPSA) is 58.6 Å². The molecule has 120 valence electrons. The van der Waals surface area contributed by atoms with E-state index in [0.717, 1.165) is 11.3 Å². The summed E-state index contributed by atoms with van der Waals surface area (Å²) >= 11 is 1.36. The van der Waals surface area contributed by atoms with E-state index in [-0.39, 0.29) is 24.4 Å². The van der Waals surface area contributed by atoms with Crippen LogP contribution in [0, 0.1) is 0 Å². The molecule has 1 N–H and O–H groups in total. The van der Waals surface area contributed by atoms with Gasteiger partial charge in [0.15, 0.2) is 0 Å². The van der Waals surface area contributed by atoms with Crippen molar-refractivity contribution in [3.63, 3.8) is 0 Å². The van der Waals surface area contributed by atoms with Crippen LogP contribution in [0.15, 0.2) is 41.8 Å². The molecule has 2 aromatic rings. The Hall–Kier alpha value is -2.34. The normalized spacial score (nSPS) is 16.9. The van der Waals surface area contributed by atoms with Gasteiger partial charge in [0.05, 0.1) is 17.5 Å². The molecule has 3 rings (SSSR count). The minimum absolute atomic E-state index is 0.0107. The molecule has 5 nitrogen and oxygen atoms in total. The Balaban J connectivity index is 1.65. The number of carbonyl (C=O) groups excluding carboxylic acids is 2. The number of nitrogens with zero attached hydrogens (tertiary/aromatic N) is 1. The minimum atomic E-state index is -0.215. The average molecular weight is 330 g/mol. The predicted octanol–water partition coefficient (Wildman–Crippen LogP) is 2.29. The van der Waals surface area contributed by atoms with Crippen LogP contribution < -0.4 is 10.1 Å². The van der Waals surface area contributed by atoms with Crippen molar-refractivity contribution in [3.8, 4) is 5.75 Å². The van der Waals surface area contributed by atoms with Gasteiger partial charge in [-0.2, -0.15) is 0 Å². The molecular formula is C17H18N2O3S. The van der Waals surface area contributed by atoms with Gasteiger partial charge in [0.25, 0.3) is 5.91 Å². The van der Waals surface area contributed by atoms with Crippen molar-refractivity contribution in [1.82, 2.24) is 10.2 Å². The van der Waals surface area contributed by atoms with Crippen molar-refractivity contribution >= 4 is 23.2 Å². The van der Waals surface area contributed by atoms with Crippen LogP contribution in [0.2, 0.25) is 0 Å². The molecule has 0 bridgehead atoms. The number of para-hydroxylation sites is 1. The fourth-order valence-electron chi connectivity index (χ4n) is 2.50. The largest absolute Gasteiger partial charge is 0.491 e. The summed E-state index contributed by atoms with van der Waals surface area (Å²) in [6.07, 6.45) is 0. The molecular weight excluding hydrogens is 312 g/mol. The standard InChI is InChI=1S/C17H18N2O3S/c1-12-11-22-14-6-3-2-5-13(14)10-19(12)16(20)9-18-17(21)15-7-4-8-23-15/h2-8,12H,9-11H2,1H3,(H,18,21)/t12-/m0/s1. The molecule has 0 saturated carbocycles. The number of rotatable bonds is 3. The van der Waals surface area contributed by atoms with Gasteiger partial charge in [-0.05, 0) is 24.4 Å².